The van der Waals surface area contributed by atoms with Crippen molar-refractivity contribution in [3.63, 3.8) is 0 Å². The second kappa shape index (κ2) is 4.40. The Hall–Kier alpha value is -1.42. The van der Waals surface area contributed by atoms with E-state index in [0.29, 0.717) is 13.0 Å². The van der Waals surface area contributed by atoms with E-state index in [1.165, 1.54) is 12.1 Å². The van der Waals surface area contributed by atoms with Gasteiger partial charge in [-0.3, -0.25) is 4.79 Å². The number of nitrogens with one attached hydrogen (secondary N) is 2. The quantitative estimate of drug-likeness (QED) is 0.741. The zero-order valence-corrected chi connectivity index (χ0v) is 8.29. The van der Waals surface area contributed by atoms with E-state index in [2.05, 4.69) is 10.6 Å². The molecule has 0 saturated carbocycles. The van der Waals surface area contributed by atoms with E-state index in [0.717, 1.165) is 12.1 Å². The molecule has 1 heterocycles. The van der Waals surface area contributed by atoms with Gasteiger partial charge in [-0.1, -0.05) is 12.1 Å². The number of piperazine rings is 1. The second-order valence-electron chi connectivity index (χ2n) is 3.63. The van der Waals surface area contributed by atoms with Crippen molar-refractivity contribution in [1.29, 1.82) is 0 Å². The first-order valence-corrected chi connectivity index (χ1v) is 5.01. The third-order valence-corrected chi connectivity index (χ3v) is 2.46. The molecule has 2 N–H and O–H groups in total. The van der Waals surface area contributed by atoms with E-state index in [4.69, 9.17) is 0 Å². The van der Waals surface area contributed by atoms with Crippen LogP contribution in [0.25, 0.3) is 0 Å². The Kier molecular flexibility index (Phi) is 2.97. The van der Waals surface area contributed by atoms with Gasteiger partial charge in [0.15, 0.2) is 0 Å². The zero-order valence-electron chi connectivity index (χ0n) is 8.29. The molecule has 0 aromatic heterocycles. The van der Waals surface area contributed by atoms with Crippen LogP contribution in [0, 0.1) is 5.82 Å². The molecule has 15 heavy (non-hydrogen) atoms. The third-order valence-electron chi connectivity index (χ3n) is 2.46. The summed E-state index contributed by atoms with van der Waals surface area (Å²) in [7, 11) is 0. The summed E-state index contributed by atoms with van der Waals surface area (Å²) < 4.78 is 12.9. The normalized spacial score (nSPS) is 21.1. The summed E-state index contributed by atoms with van der Waals surface area (Å²) in [5.41, 5.74) is 0.838. The molecular formula is C11H13FN2O. The summed E-state index contributed by atoms with van der Waals surface area (Å²) in [6.45, 7) is 1.43. The largest absolute Gasteiger partial charge is 0.353 e. The first-order valence-electron chi connectivity index (χ1n) is 5.01. The third kappa shape index (κ3) is 2.53. The molecule has 0 bridgehead atoms. The molecule has 3 nitrogen and oxygen atoms in total. The molecule has 80 valence electrons. The zero-order chi connectivity index (χ0) is 10.7. The van der Waals surface area contributed by atoms with E-state index in [1.54, 1.807) is 6.07 Å². The van der Waals surface area contributed by atoms with Gasteiger partial charge >= 0.3 is 0 Å². The van der Waals surface area contributed by atoms with Crippen molar-refractivity contribution in [3.8, 4) is 0 Å². The number of carbonyl (C=O) groups excluding carboxylic acids is 1. The fourth-order valence-corrected chi connectivity index (χ4v) is 1.71. The molecule has 0 radical (unpaired) electrons. The molecule has 1 saturated heterocycles. The molecule has 0 spiro atoms. The maximum absolute atomic E-state index is 12.9. The van der Waals surface area contributed by atoms with Crippen LogP contribution in [0.15, 0.2) is 24.3 Å². The Labute approximate surface area is 87.7 Å². The highest BCUT2D eigenvalue weighted by atomic mass is 19.1. The van der Waals surface area contributed by atoms with E-state index in [1.807, 2.05) is 6.07 Å². The van der Waals surface area contributed by atoms with Crippen LogP contribution in [0.2, 0.25) is 0 Å². The molecule has 1 aliphatic heterocycles. The van der Waals surface area contributed by atoms with Gasteiger partial charge in [-0.05, 0) is 24.1 Å². The van der Waals surface area contributed by atoms with Crippen LogP contribution in [-0.4, -0.2) is 25.0 Å². The Morgan fingerprint density at radius 3 is 3.00 bits per heavy atom. The van der Waals surface area contributed by atoms with Gasteiger partial charge < -0.3 is 10.6 Å². The number of benzene rings is 1. The summed E-state index contributed by atoms with van der Waals surface area (Å²) in [4.78, 5) is 11.4. The minimum atomic E-state index is -0.260. The molecule has 1 amide bonds. The molecule has 0 aliphatic carbocycles. The molecule has 1 atom stereocenters. The van der Waals surface area contributed by atoms with Gasteiger partial charge in [-0.15, -0.1) is 0 Å². The van der Waals surface area contributed by atoms with Crippen molar-refractivity contribution in [2.45, 2.75) is 12.5 Å². The van der Waals surface area contributed by atoms with Gasteiger partial charge in [-0.25, -0.2) is 4.39 Å². The molecular weight excluding hydrogens is 195 g/mol. The predicted molar refractivity (Wildman–Crippen MR) is 54.9 cm³/mol. The minimum Gasteiger partial charge on any atom is -0.353 e. The van der Waals surface area contributed by atoms with Crippen LogP contribution >= 0.6 is 0 Å². The number of halogens is 1. The highest BCUT2D eigenvalue weighted by molar-refractivity contribution is 5.82. The van der Waals surface area contributed by atoms with Crippen LogP contribution in [-0.2, 0) is 11.2 Å². The lowest BCUT2D eigenvalue weighted by Crippen LogP contribution is -2.53. The molecule has 4 heteroatoms. The summed E-state index contributed by atoms with van der Waals surface area (Å²) in [5.74, 6) is -0.269. The fraction of sp³-hybridized carbons (Fsp3) is 0.364. The topological polar surface area (TPSA) is 41.1 Å². The Morgan fingerprint density at radius 2 is 2.27 bits per heavy atom. The van der Waals surface area contributed by atoms with E-state index < -0.39 is 0 Å². The van der Waals surface area contributed by atoms with Crippen LogP contribution in [0.1, 0.15) is 5.56 Å². The Balaban J connectivity index is 2.04. The van der Waals surface area contributed by atoms with Crippen LogP contribution in [0.4, 0.5) is 4.39 Å². The van der Waals surface area contributed by atoms with Gasteiger partial charge in [0.05, 0.1) is 6.04 Å². The molecule has 1 aromatic rings. The monoisotopic (exact) mass is 208 g/mol. The van der Waals surface area contributed by atoms with Gasteiger partial charge in [0.2, 0.25) is 5.91 Å². The number of hydrogen-bond donors (Lipinski definition) is 2. The van der Waals surface area contributed by atoms with Crippen molar-refractivity contribution in [2.75, 3.05) is 13.1 Å². The lowest BCUT2D eigenvalue weighted by molar-refractivity contribution is -0.124. The summed E-state index contributed by atoms with van der Waals surface area (Å²) >= 11 is 0. The minimum absolute atomic E-state index is 0.00879. The van der Waals surface area contributed by atoms with E-state index >= 15 is 0 Å². The molecule has 1 aromatic carbocycles. The van der Waals surface area contributed by atoms with Gasteiger partial charge in [0.25, 0.3) is 0 Å². The highest BCUT2D eigenvalue weighted by Gasteiger charge is 2.21. The average Bonchev–Trinajstić information content (AvgIpc) is 2.22. The molecule has 1 fully saturated rings. The number of rotatable bonds is 2. The van der Waals surface area contributed by atoms with Gasteiger partial charge in [0.1, 0.15) is 5.82 Å². The Bertz CT molecular complexity index is 367. The van der Waals surface area contributed by atoms with Crippen molar-refractivity contribution in [2.24, 2.45) is 0 Å². The fourth-order valence-electron chi connectivity index (χ4n) is 1.71. The highest BCUT2D eigenvalue weighted by Crippen LogP contribution is 2.07. The molecule has 2 rings (SSSR count). The van der Waals surface area contributed by atoms with Crippen molar-refractivity contribution >= 4 is 5.91 Å². The number of amides is 1. The SMILES string of the molecule is O=C1NCCNC1Cc1cccc(F)c1. The van der Waals surface area contributed by atoms with Gasteiger partial charge in [-0.2, -0.15) is 0 Å². The number of hydrogen-bond acceptors (Lipinski definition) is 2. The van der Waals surface area contributed by atoms with Crippen LogP contribution < -0.4 is 10.6 Å². The summed E-state index contributed by atoms with van der Waals surface area (Å²) in [5, 5.41) is 5.87. The second-order valence-corrected chi connectivity index (χ2v) is 3.63. The smallest absolute Gasteiger partial charge is 0.237 e. The van der Waals surface area contributed by atoms with Crippen LogP contribution in [0.3, 0.4) is 0 Å². The van der Waals surface area contributed by atoms with Crippen molar-refractivity contribution < 1.29 is 9.18 Å². The van der Waals surface area contributed by atoms with E-state index in [9.17, 15) is 9.18 Å². The summed E-state index contributed by atoms with van der Waals surface area (Å²) in [6, 6.07) is 6.11. The lowest BCUT2D eigenvalue weighted by atomic mass is 10.0. The molecule has 1 unspecified atom stereocenters. The average molecular weight is 208 g/mol. The predicted octanol–water partition coefficient (Wildman–Crippen LogP) is 0.456. The van der Waals surface area contributed by atoms with Crippen LogP contribution in [0.5, 0.6) is 0 Å². The maximum atomic E-state index is 12.9. The van der Waals surface area contributed by atoms with E-state index in [-0.39, 0.29) is 17.8 Å². The first-order chi connectivity index (χ1) is 7.25. The maximum Gasteiger partial charge on any atom is 0.237 e. The van der Waals surface area contributed by atoms with Gasteiger partial charge in [0, 0.05) is 13.1 Å². The standard InChI is InChI=1S/C11H13FN2O/c12-9-3-1-2-8(6-9)7-10-11(15)14-5-4-13-10/h1-3,6,10,13H,4-5,7H2,(H,14,15). The lowest BCUT2D eigenvalue weighted by Gasteiger charge is -2.23. The molecule has 1 aliphatic rings. The Morgan fingerprint density at radius 1 is 1.40 bits per heavy atom. The summed E-state index contributed by atoms with van der Waals surface area (Å²) in [6.07, 6.45) is 0.531. The van der Waals surface area contributed by atoms with Crippen molar-refractivity contribution in [3.05, 3.63) is 35.6 Å². The van der Waals surface area contributed by atoms with Crippen molar-refractivity contribution in [1.82, 2.24) is 10.6 Å². The first kappa shape index (κ1) is 10.1. The number of carbonyl (C=O) groups is 1.